The first-order valence-electron chi connectivity index (χ1n) is 6.51. The summed E-state index contributed by atoms with van der Waals surface area (Å²) in [6.45, 7) is 11.7. The van der Waals surface area contributed by atoms with E-state index in [2.05, 4.69) is 40.9 Å². The molecule has 1 aromatic rings. The second-order valence-corrected chi connectivity index (χ2v) is 6.19. The molecule has 2 rings (SSSR count). The molecular weight excluding hydrogens is 212 g/mol. The first-order valence-corrected chi connectivity index (χ1v) is 6.51. The average molecular weight is 236 g/mol. The summed E-state index contributed by atoms with van der Waals surface area (Å²) in [5, 5.41) is 8.09. The first kappa shape index (κ1) is 12.6. The van der Waals surface area contributed by atoms with Gasteiger partial charge in [-0.3, -0.25) is 0 Å². The van der Waals surface area contributed by atoms with Crippen LogP contribution in [0.3, 0.4) is 0 Å². The molecule has 1 aliphatic carbocycles. The van der Waals surface area contributed by atoms with E-state index >= 15 is 0 Å². The van der Waals surface area contributed by atoms with E-state index in [1.807, 2.05) is 13.8 Å². The van der Waals surface area contributed by atoms with Crippen LogP contribution in [0, 0.1) is 19.8 Å². The predicted molar refractivity (Wildman–Crippen MR) is 69.0 cm³/mol. The first-order chi connectivity index (χ1) is 7.87. The van der Waals surface area contributed by atoms with Crippen molar-refractivity contribution < 1.29 is 0 Å². The fourth-order valence-electron chi connectivity index (χ4n) is 2.40. The zero-order valence-electron chi connectivity index (χ0n) is 11.6. The van der Waals surface area contributed by atoms with Crippen molar-refractivity contribution in [1.29, 1.82) is 0 Å². The Bertz CT molecular complexity index is 389. The fraction of sp³-hybridized carbons (Fsp3) is 0.846. The van der Waals surface area contributed by atoms with Gasteiger partial charge in [-0.05, 0) is 53.4 Å². The van der Waals surface area contributed by atoms with Gasteiger partial charge in [0.25, 0.3) is 0 Å². The number of aromatic nitrogens is 3. The minimum absolute atomic E-state index is 0.202. The highest BCUT2D eigenvalue weighted by Crippen LogP contribution is 2.38. The van der Waals surface area contributed by atoms with Gasteiger partial charge in [0, 0.05) is 12.1 Å². The van der Waals surface area contributed by atoms with Crippen molar-refractivity contribution in [3.05, 3.63) is 11.6 Å². The van der Waals surface area contributed by atoms with E-state index in [9.17, 15) is 0 Å². The van der Waals surface area contributed by atoms with Crippen LogP contribution >= 0.6 is 0 Å². The molecule has 0 amide bonds. The van der Waals surface area contributed by atoms with Gasteiger partial charge >= 0.3 is 0 Å². The van der Waals surface area contributed by atoms with Crippen LogP contribution in [0.1, 0.15) is 51.3 Å². The van der Waals surface area contributed by atoms with Crippen LogP contribution in [0.25, 0.3) is 0 Å². The molecule has 0 bridgehead atoms. The molecular formula is C13H24N4. The van der Waals surface area contributed by atoms with E-state index in [1.54, 1.807) is 0 Å². The minimum atomic E-state index is 0.202. The van der Waals surface area contributed by atoms with Gasteiger partial charge in [-0.25, -0.2) is 9.67 Å². The number of nitrogens with one attached hydrogen (secondary N) is 1. The standard InChI is InChI=1S/C13H24N4/c1-9-15-10(2)17(16-9)12-7-6-11(12)8-14-13(3,4)5/h11-12,14H,6-8H2,1-5H3. The van der Waals surface area contributed by atoms with Crippen molar-refractivity contribution in [3.63, 3.8) is 0 Å². The van der Waals surface area contributed by atoms with Gasteiger partial charge in [0.15, 0.2) is 0 Å². The van der Waals surface area contributed by atoms with Crippen LogP contribution in [0.15, 0.2) is 0 Å². The highest BCUT2D eigenvalue weighted by molar-refractivity contribution is 4.96. The van der Waals surface area contributed by atoms with Crippen LogP contribution < -0.4 is 5.32 Å². The van der Waals surface area contributed by atoms with Crippen molar-refractivity contribution in [2.75, 3.05) is 6.54 Å². The largest absolute Gasteiger partial charge is 0.312 e. The molecule has 96 valence electrons. The summed E-state index contributed by atoms with van der Waals surface area (Å²) in [5.41, 5.74) is 0.202. The van der Waals surface area contributed by atoms with E-state index in [0.29, 0.717) is 12.0 Å². The molecule has 4 heteroatoms. The van der Waals surface area contributed by atoms with Gasteiger partial charge in [-0.2, -0.15) is 5.10 Å². The Hall–Kier alpha value is -0.900. The zero-order valence-corrected chi connectivity index (χ0v) is 11.6. The summed E-state index contributed by atoms with van der Waals surface area (Å²) in [6.07, 6.45) is 2.53. The smallest absolute Gasteiger partial charge is 0.147 e. The van der Waals surface area contributed by atoms with Gasteiger partial charge in [0.1, 0.15) is 11.6 Å². The Morgan fingerprint density at radius 2 is 2.00 bits per heavy atom. The molecule has 1 heterocycles. The molecule has 1 N–H and O–H groups in total. The zero-order chi connectivity index (χ0) is 12.6. The fourth-order valence-corrected chi connectivity index (χ4v) is 2.40. The van der Waals surface area contributed by atoms with E-state index < -0.39 is 0 Å². The van der Waals surface area contributed by atoms with Crippen molar-refractivity contribution in [3.8, 4) is 0 Å². The number of rotatable bonds is 3. The summed E-state index contributed by atoms with van der Waals surface area (Å²) < 4.78 is 2.12. The van der Waals surface area contributed by atoms with Crippen molar-refractivity contribution >= 4 is 0 Å². The van der Waals surface area contributed by atoms with Crippen LogP contribution in [0.2, 0.25) is 0 Å². The van der Waals surface area contributed by atoms with Crippen molar-refractivity contribution in [1.82, 2.24) is 20.1 Å². The highest BCUT2D eigenvalue weighted by Gasteiger charge is 2.34. The maximum Gasteiger partial charge on any atom is 0.147 e. The van der Waals surface area contributed by atoms with Gasteiger partial charge in [-0.15, -0.1) is 0 Å². The molecule has 0 spiro atoms. The monoisotopic (exact) mass is 236 g/mol. The summed E-state index contributed by atoms with van der Waals surface area (Å²) >= 11 is 0. The Morgan fingerprint density at radius 3 is 2.41 bits per heavy atom. The molecule has 1 aliphatic rings. The Labute approximate surface area is 104 Å². The van der Waals surface area contributed by atoms with Crippen LogP contribution in [0.4, 0.5) is 0 Å². The summed E-state index contributed by atoms with van der Waals surface area (Å²) in [5.74, 6) is 2.64. The van der Waals surface area contributed by atoms with Crippen molar-refractivity contribution in [2.24, 2.45) is 5.92 Å². The lowest BCUT2D eigenvalue weighted by Gasteiger charge is -2.38. The van der Waals surface area contributed by atoms with E-state index in [4.69, 9.17) is 0 Å². The maximum atomic E-state index is 4.50. The van der Waals surface area contributed by atoms with Crippen LogP contribution in [0.5, 0.6) is 0 Å². The third-order valence-electron chi connectivity index (χ3n) is 3.49. The molecule has 0 aliphatic heterocycles. The molecule has 2 atom stereocenters. The van der Waals surface area contributed by atoms with Gasteiger partial charge in [-0.1, -0.05) is 0 Å². The van der Waals surface area contributed by atoms with Crippen LogP contribution in [-0.4, -0.2) is 26.8 Å². The lowest BCUT2D eigenvalue weighted by atomic mass is 9.79. The molecule has 0 saturated heterocycles. The lowest BCUT2D eigenvalue weighted by molar-refractivity contribution is 0.150. The molecule has 0 aromatic carbocycles. The van der Waals surface area contributed by atoms with Gasteiger partial charge in [0.05, 0.1) is 6.04 Å². The molecule has 0 radical (unpaired) electrons. The number of aryl methyl sites for hydroxylation is 2. The predicted octanol–water partition coefficient (Wildman–Crippen LogP) is 2.23. The van der Waals surface area contributed by atoms with E-state index in [-0.39, 0.29) is 5.54 Å². The SMILES string of the molecule is Cc1nc(C)n(C2CCC2CNC(C)(C)C)n1. The second kappa shape index (κ2) is 4.41. The quantitative estimate of drug-likeness (QED) is 0.875. The van der Waals surface area contributed by atoms with E-state index in [0.717, 1.165) is 18.2 Å². The molecule has 17 heavy (non-hydrogen) atoms. The molecule has 1 fully saturated rings. The van der Waals surface area contributed by atoms with Gasteiger partial charge < -0.3 is 5.32 Å². The molecule has 4 nitrogen and oxygen atoms in total. The Morgan fingerprint density at radius 1 is 1.29 bits per heavy atom. The Balaban J connectivity index is 1.97. The molecule has 2 unspecified atom stereocenters. The molecule has 1 saturated carbocycles. The number of hydrogen-bond donors (Lipinski definition) is 1. The minimum Gasteiger partial charge on any atom is -0.312 e. The van der Waals surface area contributed by atoms with Crippen molar-refractivity contribution in [2.45, 2.75) is 59.0 Å². The topological polar surface area (TPSA) is 42.7 Å². The molecule has 1 aromatic heterocycles. The average Bonchev–Trinajstić information content (AvgIpc) is 2.42. The van der Waals surface area contributed by atoms with Gasteiger partial charge in [0.2, 0.25) is 0 Å². The summed E-state index contributed by atoms with van der Waals surface area (Å²) in [6, 6.07) is 0.547. The van der Waals surface area contributed by atoms with E-state index in [1.165, 1.54) is 12.8 Å². The summed E-state index contributed by atoms with van der Waals surface area (Å²) in [7, 11) is 0. The third-order valence-corrected chi connectivity index (χ3v) is 3.49. The number of nitrogens with zero attached hydrogens (tertiary/aromatic N) is 3. The Kier molecular flexibility index (Phi) is 3.25. The second-order valence-electron chi connectivity index (χ2n) is 6.19. The normalized spacial score (nSPS) is 24.8. The third kappa shape index (κ3) is 2.86. The summed E-state index contributed by atoms with van der Waals surface area (Å²) in [4.78, 5) is 4.39. The maximum absolute atomic E-state index is 4.50. The number of hydrogen-bond acceptors (Lipinski definition) is 3. The lowest BCUT2D eigenvalue weighted by Crippen LogP contribution is -2.44. The van der Waals surface area contributed by atoms with Crippen LogP contribution in [-0.2, 0) is 0 Å². The highest BCUT2D eigenvalue weighted by atomic mass is 15.4.